The molecule has 0 aromatic carbocycles. The molecule has 0 aliphatic heterocycles. The van der Waals surface area contributed by atoms with E-state index in [1.165, 1.54) is 6.42 Å². The van der Waals surface area contributed by atoms with Crippen LogP contribution in [0.15, 0.2) is 0 Å². The van der Waals surface area contributed by atoms with Gasteiger partial charge in [0.25, 0.3) is 0 Å². The quantitative estimate of drug-likeness (QED) is 0.586. The molecule has 0 aromatic heterocycles. The molecule has 2 rings (SSSR count). The molecule has 0 aromatic rings. The van der Waals surface area contributed by atoms with Gasteiger partial charge in [-0.15, -0.1) is 0 Å². The minimum Gasteiger partial charge on any atom is -0.481 e. The Morgan fingerprint density at radius 2 is 1.94 bits per heavy atom. The van der Waals surface area contributed by atoms with E-state index in [1.54, 1.807) is 0 Å². The molecule has 2 aliphatic carbocycles. The number of carboxylic acid groups (broad SMARTS) is 1. The van der Waals surface area contributed by atoms with Gasteiger partial charge in [0, 0.05) is 12.6 Å². The molecular formula is C13H23NO3. The number of carbonyl (C=O) groups is 1. The molecule has 4 unspecified atom stereocenters. The fourth-order valence-corrected chi connectivity index (χ4v) is 3.62. The van der Waals surface area contributed by atoms with Crippen molar-refractivity contribution in [2.45, 2.75) is 44.6 Å². The van der Waals surface area contributed by atoms with Gasteiger partial charge in [-0.1, -0.05) is 0 Å². The van der Waals surface area contributed by atoms with Gasteiger partial charge in [0.05, 0.1) is 5.92 Å². The van der Waals surface area contributed by atoms with E-state index in [1.807, 2.05) is 0 Å². The average molecular weight is 241 g/mol. The Kier molecular flexibility index (Phi) is 4.40. The molecule has 4 atom stereocenters. The predicted octanol–water partition coefficient (Wildman–Crippen LogP) is 1.24. The van der Waals surface area contributed by atoms with Crippen LogP contribution in [0, 0.1) is 17.8 Å². The number of aliphatic carboxylic acids is 1. The molecule has 98 valence electrons. The summed E-state index contributed by atoms with van der Waals surface area (Å²) < 4.78 is 0. The molecule has 0 radical (unpaired) electrons. The molecule has 2 fully saturated rings. The largest absolute Gasteiger partial charge is 0.481 e. The number of hydrogen-bond acceptors (Lipinski definition) is 3. The first-order valence-electron chi connectivity index (χ1n) is 6.81. The molecule has 0 saturated heterocycles. The van der Waals surface area contributed by atoms with Gasteiger partial charge < -0.3 is 15.5 Å². The van der Waals surface area contributed by atoms with Crippen LogP contribution >= 0.6 is 0 Å². The summed E-state index contributed by atoms with van der Waals surface area (Å²) in [6.07, 6.45) is 6.29. The zero-order valence-corrected chi connectivity index (χ0v) is 10.3. The molecule has 2 aliphatic rings. The first kappa shape index (κ1) is 12.8. The molecule has 0 heterocycles. The molecule has 0 spiro atoms. The minimum atomic E-state index is -0.620. The number of carboxylic acids is 1. The smallest absolute Gasteiger partial charge is 0.308 e. The van der Waals surface area contributed by atoms with E-state index >= 15 is 0 Å². The van der Waals surface area contributed by atoms with E-state index in [0.29, 0.717) is 11.8 Å². The van der Waals surface area contributed by atoms with Crippen molar-refractivity contribution in [3.05, 3.63) is 0 Å². The molecule has 4 heteroatoms. The van der Waals surface area contributed by atoms with Crippen LogP contribution in [0.2, 0.25) is 0 Å². The number of unbranched alkanes of at least 4 members (excludes halogenated alkanes) is 2. The lowest BCUT2D eigenvalue weighted by Crippen LogP contribution is -2.44. The second kappa shape index (κ2) is 5.83. The highest BCUT2D eigenvalue weighted by atomic mass is 16.4. The highest BCUT2D eigenvalue weighted by molar-refractivity contribution is 5.72. The fourth-order valence-electron chi connectivity index (χ4n) is 3.62. The Morgan fingerprint density at radius 3 is 2.65 bits per heavy atom. The zero-order chi connectivity index (χ0) is 12.3. The van der Waals surface area contributed by atoms with Gasteiger partial charge in [0.1, 0.15) is 0 Å². The third-order valence-corrected chi connectivity index (χ3v) is 4.42. The van der Waals surface area contributed by atoms with Crippen LogP contribution in [0.3, 0.4) is 0 Å². The monoisotopic (exact) mass is 241 g/mol. The lowest BCUT2D eigenvalue weighted by atomic mass is 9.84. The van der Waals surface area contributed by atoms with Crippen LogP contribution in [0.4, 0.5) is 0 Å². The van der Waals surface area contributed by atoms with Crippen molar-refractivity contribution < 1.29 is 15.0 Å². The summed E-state index contributed by atoms with van der Waals surface area (Å²) in [5, 5.41) is 21.4. The molecular weight excluding hydrogens is 218 g/mol. The topological polar surface area (TPSA) is 69.6 Å². The van der Waals surface area contributed by atoms with Gasteiger partial charge >= 0.3 is 5.97 Å². The minimum absolute atomic E-state index is 0.161. The van der Waals surface area contributed by atoms with Crippen LogP contribution in [0.5, 0.6) is 0 Å². The Morgan fingerprint density at radius 1 is 1.18 bits per heavy atom. The summed E-state index contributed by atoms with van der Waals surface area (Å²) in [7, 11) is 0. The lowest BCUT2D eigenvalue weighted by molar-refractivity contribution is -0.144. The van der Waals surface area contributed by atoms with Crippen molar-refractivity contribution in [1.29, 1.82) is 0 Å². The highest BCUT2D eigenvalue weighted by Crippen LogP contribution is 2.48. The Balaban J connectivity index is 1.77. The number of hydrogen-bond donors (Lipinski definition) is 3. The second-order valence-corrected chi connectivity index (χ2v) is 5.46. The fraction of sp³-hybridized carbons (Fsp3) is 0.923. The van der Waals surface area contributed by atoms with E-state index in [9.17, 15) is 9.90 Å². The predicted molar refractivity (Wildman–Crippen MR) is 64.7 cm³/mol. The van der Waals surface area contributed by atoms with Gasteiger partial charge in [-0.3, -0.25) is 4.79 Å². The maximum atomic E-state index is 11.3. The first-order valence-corrected chi connectivity index (χ1v) is 6.81. The number of rotatable bonds is 7. The molecule has 2 bridgehead atoms. The van der Waals surface area contributed by atoms with Gasteiger partial charge in [-0.2, -0.15) is 0 Å². The summed E-state index contributed by atoms with van der Waals surface area (Å²) >= 11 is 0. The number of fused-ring (bicyclic) bond motifs is 2. The molecule has 17 heavy (non-hydrogen) atoms. The van der Waals surface area contributed by atoms with Crippen LogP contribution < -0.4 is 5.32 Å². The molecule has 4 nitrogen and oxygen atoms in total. The van der Waals surface area contributed by atoms with Crippen LogP contribution in [-0.2, 0) is 4.79 Å². The van der Waals surface area contributed by atoms with Gasteiger partial charge in [0.15, 0.2) is 0 Å². The van der Waals surface area contributed by atoms with Crippen molar-refractivity contribution in [3.8, 4) is 0 Å². The number of aliphatic hydroxyl groups is 1. The van der Waals surface area contributed by atoms with Gasteiger partial charge in [-0.25, -0.2) is 0 Å². The summed E-state index contributed by atoms with van der Waals surface area (Å²) in [5.74, 6) is 0.211. The summed E-state index contributed by atoms with van der Waals surface area (Å²) in [6.45, 7) is 1.14. The standard InChI is InChI=1S/C13H23NO3/c15-7-3-1-2-6-14-12-10-5-4-9(8-10)11(12)13(16)17/h9-12,14-15H,1-8H2,(H,16,17). The van der Waals surface area contributed by atoms with Gasteiger partial charge in [0.2, 0.25) is 0 Å². The van der Waals surface area contributed by atoms with Crippen molar-refractivity contribution in [2.24, 2.45) is 17.8 Å². The Labute approximate surface area is 102 Å². The van der Waals surface area contributed by atoms with Crippen LogP contribution in [0.25, 0.3) is 0 Å². The Hall–Kier alpha value is -0.610. The second-order valence-electron chi connectivity index (χ2n) is 5.46. The van der Waals surface area contributed by atoms with Crippen LogP contribution in [0.1, 0.15) is 38.5 Å². The van der Waals surface area contributed by atoms with E-state index in [4.69, 9.17) is 5.11 Å². The van der Waals surface area contributed by atoms with E-state index in [2.05, 4.69) is 5.32 Å². The third-order valence-electron chi connectivity index (χ3n) is 4.42. The number of aliphatic hydroxyl groups excluding tert-OH is 1. The van der Waals surface area contributed by atoms with Crippen molar-refractivity contribution in [3.63, 3.8) is 0 Å². The zero-order valence-electron chi connectivity index (χ0n) is 10.3. The van der Waals surface area contributed by atoms with Gasteiger partial charge in [-0.05, 0) is 56.9 Å². The normalized spacial score (nSPS) is 35.4. The van der Waals surface area contributed by atoms with E-state index in [0.717, 1.165) is 38.6 Å². The Bertz CT molecular complexity index is 269. The van der Waals surface area contributed by atoms with Crippen molar-refractivity contribution in [2.75, 3.05) is 13.2 Å². The summed E-state index contributed by atoms with van der Waals surface area (Å²) in [4.78, 5) is 11.3. The SMILES string of the molecule is O=C(O)C1C2CCC(C2)C1NCCCCCO. The first-order chi connectivity index (χ1) is 8.24. The summed E-state index contributed by atoms with van der Waals surface area (Å²) in [6, 6.07) is 0.195. The van der Waals surface area contributed by atoms with E-state index in [-0.39, 0.29) is 18.6 Å². The average Bonchev–Trinajstić information content (AvgIpc) is 2.88. The van der Waals surface area contributed by atoms with Crippen molar-refractivity contribution >= 4 is 5.97 Å². The molecule has 0 amide bonds. The van der Waals surface area contributed by atoms with E-state index < -0.39 is 5.97 Å². The van der Waals surface area contributed by atoms with Crippen LogP contribution in [-0.4, -0.2) is 35.4 Å². The highest BCUT2D eigenvalue weighted by Gasteiger charge is 2.50. The lowest BCUT2D eigenvalue weighted by Gasteiger charge is -2.29. The third kappa shape index (κ3) is 2.80. The van der Waals surface area contributed by atoms with Crippen molar-refractivity contribution in [1.82, 2.24) is 5.32 Å². The number of nitrogens with one attached hydrogen (secondary N) is 1. The molecule has 2 saturated carbocycles. The maximum Gasteiger partial charge on any atom is 0.308 e. The maximum absolute atomic E-state index is 11.3. The molecule has 3 N–H and O–H groups in total. The summed E-state index contributed by atoms with van der Waals surface area (Å²) in [5.41, 5.74) is 0.